The zero-order valence-electron chi connectivity index (χ0n) is 7.84. The first-order valence-electron chi connectivity index (χ1n) is 4.45. The van der Waals surface area contributed by atoms with Gasteiger partial charge in [0, 0.05) is 0 Å². The fraction of sp³-hybridized carbons (Fsp3) is 0.200. The van der Waals surface area contributed by atoms with Gasteiger partial charge in [0.15, 0.2) is 12.0 Å². The molecule has 1 heterocycles. The SMILES string of the molecule is O=Cc1cccc2c1OCCN2C(=O)O. The minimum Gasteiger partial charge on any atom is -0.489 e. The second-order valence-electron chi connectivity index (χ2n) is 3.10. The first-order chi connectivity index (χ1) is 7.24. The fourth-order valence-corrected chi connectivity index (χ4v) is 1.56. The summed E-state index contributed by atoms with van der Waals surface area (Å²) in [6.45, 7) is 0.550. The number of carboxylic acid groups (broad SMARTS) is 1. The maximum Gasteiger partial charge on any atom is 0.412 e. The van der Waals surface area contributed by atoms with Gasteiger partial charge in [-0.15, -0.1) is 0 Å². The van der Waals surface area contributed by atoms with Gasteiger partial charge >= 0.3 is 6.09 Å². The molecule has 0 bridgehead atoms. The monoisotopic (exact) mass is 207 g/mol. The number of ether oxygens (including phenoxy) is 1. The van der Waals surface area contributed by atoms with Crippen molar-refractivity contribution in [2.45, 2.75) is 0 Å². The van der Waals surface area contributed by atoms with Crippen LogP contribution >= 0.6 is 0 Å². The number of benzene rings is 1. The number of carbonyl (C=O) groups excluding carboxylic acids is 1. The van der Waals surface area contributed by atoms with Gasteiger partial charge in [0.2, 0.25) is 0 Å². The summed E-state index contributed by atoms with van der Waals surface area (Å²) in [7, 11) is 0. The Labute approximate surface area is 85.9 Å². The standard InChI is InChI=1S/C10H9NO4/c12-6-7-2-1-3-8-9(7)15-5-4-11(8)10(13)14/h1-3,6H,4-5H2,(H,13,14). The van der Waals surface area contributed by atoms with Crippen LogP contribution in [0.15, 0.2) is 18.2 Å². The lowest BCUT2D eigenvalue weighted by Crippen LogP contribution is -2.37. The molecule has 0 aromatic heterocycles. The van der Waals surface area contributed by atoms with Gasteiger partial charge in [0.1, 0.15) is 6.61 Å². The van der Waals surface area contributed by atoms with E-state index >= 15 is 0 Å². The van der Waals surface area contributed by atoms with E-state index in [1.165, 1.54) is 4.90 Å². The summed E-state index contributed by atoms with van der Waals surface area (Å²) in [4.78, 5) is 22.8. The molecule has 1 aromatic carbocycles. The first-order valence-corrected chi connectivity index (χ1v) is 4.45. The van der Waals surface area contributed by atoms with E-state index in [-0.39, 0.29) is 13.2 Å². The molecule has 0 radical (unpaired) electrons. The molecule has 0 aliphatic carbocycles. The second kappa shape index (κ2) is 3.61. The largest absolute Gasteiger partial charge is 0.489 e. The molecule has 5 heteroatoms. The molecule has 0 spiro atoms. The molecule has 1 amide bonds. The minimum atomic E-state index is -1.04. The minimum absolute atomic E-state index is 0.268. The fourth-order valence-electron chi connectivity index (χ4n) is 1.56. The van der Waals surface area contributed by atoms with Gasteiger partial charge in [-0.1, -0.05) is 6.07 Å². The van der Waals surface area contributed by atoms with Crippen LogP contribution in [0.1, 0.15) is 10.4 Å². The van der Waals surface area contributed by atoms with E-state index in [2.05, 4.69) is 0 Å². The van der Waals surface area contributed by atoms with E-state index in [0.29, 0.717) is 23.3 Å². The average molecular weight is 207 g/mol. The lowest BCUT2D eigenvalue weighted by Gasteiger charge is -2.27. The zero-order chi connectivity index (χ0) is 10.8. The molecule has 0 saturated carbocycles. The number of hydrogen-bond acceptors (Lipinski definition) is 3. The number of carbonyl (C=O) groups is 2. The highest BCUT2D eigenvalue weighted by Crippen LogP contribution is 2.33. The third kappa shape index (κ3) is 1.52. The van der Waals surface area contributed by atoms with Crippen LogP contribution in [-0.2, 0) is 0 Å². The van der Waals surface area contributed by atoms with Crippen molar-refractivity contribution in [3.63, 3.8) is 0 Å². The number of rotatable bonds is 1. The van der Waals surface area contributed by atoms with Crippen LogP contribution < -0.4 is 9.64 Å². The number of para-hydroxylation sites is 1. The Morgan fingerprint density at radius 2 is 2.33 bits per heavy atom. The lowest BCUT2D eigenvalue weighted by molar-refractivity contribution is 0.111. The molecule has 0 atom stereocenters. The summed E-state index contributed by atoms with van der Waals surface area (Å²) < 4.78 is 5.29. The molecule has 0 saturated heterocycles. The summed E-state index contributed by atoms with van der Waals surface area (Å²) in [5.74, 6) is 0.348. The third-order valence-electron chi connectivity index (χ3n) is 2.23. The summed E-state index contributed by atoms with van der Waals surface area (Å²) in [6.07, 6.45) is -0.382. The Morgan fingerprint density at radius 3 is 3.00 bits per heavy atom. The number of amides is 1. The molecule has 1 aliphatic rings. The quantitative estimate of drug-likeness (QED) is 0.706. The van der Waals surface area contributed by atoms with Crippen LogP contribution in [0.25, 0.3) is 0 Å². The van der Waals surface area contributed by atoms with Crippen molar-refractivity contribution >= 4 is 18.1 Å². The Kier molecular flexibility index (Phi) is 2.29. The maximum atomic E-state index is 10.9. The Bertz CT molecular complexity index is 416. The summed E-state index contributed by atoms with van der Waals surface area (Å²) in [6, 6.07) is 4.85. The molecule has 0 unspecified atom stereocenters. The summed E-state index contributed by atoms with van der Waals surface area (Å²) >= 11 is 0. The van der Waals surface area contributed by atoms with E-state index in [0.717, 1.165) is 0 Å². The van der Waals surface area contributed by atoms with Crippen LogP contribution in [-0.4, -0.2) is 30.6 Å². The number of hydrogen-bond donors (Lipinski definition) is 1. The summed E-state index contributed by atoms with van der Waals surface area (Å²) in [5.41, 5.74) is 0.803. The van der Waals surface area contributed by atoms with Crippen molar-refractivity contribution in [1.29, 1.82) is 0 Å². The van der Waals surface area contributed by atoms with Crippen molar-refractivity contribution in [2.24, 2.45) is 0 Å². The maximum absolute atomic E-state index is 10.9. The Hall–Kier alpha value is -2.04. The molecular weight excluding hydrogens is 198 g/mol. The number of nitrogens with zero attached hydrogens (tertiary/aromatic N) is 1. The Morgan fingerprint density at radius 1 is 1.53 bits per heavy atom. The van der Waals surface area contributed by atoms with Crippen molar-refractivity contribution in [3.05, 3.63) is 23.8 Å². The van der Waals surface area contributed by atoms with Gasteiger partial charge in [0.05, 0.1) is 17.8 Å². The van der Waals surface area contributed by atoms with E-state index in [9.17, 15) is 9.59 Å². The first kappa shape index (κ1) is 9.51. The van der Waals surface area contributed by atoms with Crippen molar-refractivity contribution < 1.29 is 19.4 Å². The van der Waals surface area contributed by atoms with Crippen LogP contribution in [0.3, 0.4) is 0 Å². The van der Waals surface area contributed by atoms with Gasteiger partial charge in [-0.2, -0.15) is 0 Å². The Balaban J connectivity index is 2.53. The molecule has 0 fully saturated rings. The van der Waals surface area contributed by atoms with E-state index in [1.807, 2.05) is 0 Å². The van der Waals surface area contributed by atoms with Crippen LogP contribution in [0.4, 0.5) is 10.5 Å². The third-order valence-corrected chi connectivity index (χ3v) is 2.23. The highest BCUT2D eigenvalue weighted by molar-refractivity contribution is 5.93. The second-order valence-corrected chi connectivity index (χ2v) is 3.10. The summed E-state index contributed by atoms with van der Waals surface area (Å²) in [5, 5.41) is 8.93. The molecule has 15 heavy (non-hydrogen) atoms. The van der Waals surface area contributed by atoms with E-state index in [1.54, 1.807) is 18.2 Å². The normalized spacial score (nSPS) is 14.0. The van der Waals surface area contributed by atoms with E-state index < -0.39 is 6.09 Å². The molecular formula is C10H9NO4. The van der Waals surface area contributed by atoms with Crippen LogP contribution in [0.2, 0.25) is 0 Å². The van der Waals surface area contributed by atoms with Crippen LogP contribution in [0, 0.1) is 0 Å². The average Bonchev–Trinajstić information content (AvgIpc) is 2.27. The van der Waals surface area contributed by atoms with Gasteiger partial charge in [-0.3, -0.25) is 9.69 Å². The van der Waals surface area contributed by atoms with Gasteiger partial charge in [0.25, 0.3) is 0 Å². The smallest absolute Gasteiger partial charge is 0.412 e. The highest BCUT2D eigenvalue weighted by atomic mass is 16.5. The van der Waals surface area contributed by atoms with Crippen LogP contribution in [0.5, 0.6) is 5.75 Å². The molecule has 1 N–H and O–H groups in total. The molecule has 5 nitrogen and oxygen atoms in total. The molecule has 1 aliphatic heterocycles. The zero-order valence-corrected chi connectivity index (χ0v) is 7.84. The van der Waals surface area contributed by atoms with E-state index in [4.69, 9.17) is 9.84 Å². The topological polar surface area (TPSA) is 66.8 Å². The lowest BCUT2D eigenvalue weighted by atomic mass is 10.1. The van der Waals surface area contributed by atoms with Gasteiger partial charge < -0.3 is 9.84 Å². The number of aldehydes is 1. The highest BCUT2D eigenvalue weighted by Gasteiger charge is 2.24. The number of fused-ring (bicyclic) bond motifs is 1. The van der Waals surface area contributed by atoms with Crippen molar-refractivity contribution in [2.75, 3.05) is 18.1 Å². The van der Waals surface area contributed by atoms with Crippen molar-refractivity contribution in [3.8, 4) is 5.75 Å². The van der Waals surface area contributed by atoms with Gasteiger partial charge in [-0.05, 0) is 12.1 Å². The number of anilines is 1. The van der Waals surface area contributed by atoms with Crippen molar-refractivity contribution in [1.82, 2.24) is 0 Å². The molecule has 2 rings (SSSR count). The predicted octanol–water partition coefficient (Wildman–Crippen LogP) is 1.38. The molecule has 1 aromatic rings. The van der Waals surface area contributed by atoms with Gasteiger partial charge in [-0.25, -0.2) is 4.79 Å². The molecule has 78 valence electrons. The predicted molar refractivity (Wildman–Crippen MR) is 52.7 cm³/mol.